The number of ketones is 1. The first-order valence-corrected chi connectivity index (χ1v) is 7.72. The second-order valence-electron chi connectivity index (χ2n) is 6.10. The van der Waals surface area contributed by atoms with Crippen LogP contribution in [0.4, 0.5) is 13.2 Å². The van der Waals surface area contributed by atoms with Gasteiger partial charge >= 0.3 is 6.18 Å². The molecule has 0 amide bonds. The molecule has 0 aromatic heterocycles. The number of hydrogen-bond donors (Lipinski definition) is 0. The second-order valence-corrected chi connectivity index (χ2v) is 6.53. The van der Waals surface area contributed by atoms with Crippen LogP contribution in [0.15, 0.2) is 30.3 Å². The van der Waals surface area contributed by atoms with E-state index in [2.05, 4.69) is 0 Å². The summed E-state index contributed by atoms with van der Waals surface area (Å²) in [5.41, 5.74) is -2.07. The van der Waals surface area contributed by atoms with E-state index in [1.165, 1.54) is 6.08 Å². The van der Waals surface area contributed by atoms with Crippen LogP contribution in [-0.2, 0) is 9.53 Å². The summed E-state index contributed by atoms with van der Waals surface area (Å²) < 4.78 is 46.3. The molecule has 0 saturated carbocycles. The molecule has 0 bridgehead atoms. The first-order valence-electron chi connectivity index (χ1n) is 7.34. The summed E-state index contributed by atoms with van der Waals surface area (Å²) in [6, 6.07) is 6.46. The minimum Gasteiger partial charge on any atom is -0.357 e. The van der Waals surface area contributed by atoms with E-state index in [-0.39, 0.29) is 12.3 Å². The molecule has 1 aliphatic rings. The van der Waals surface area contributed by atoms with Gasteiger partial charge in [-0.1, -0.05) is 43.7 Å². The molecule has 2 rings (SSSR count). The highest BCUT2D eigenvalue weighted by molar-refractivity contribution is 6.30. The molecule has 0 spiro atoms. The van der Waals surface area contributed by atoms with Crippen LogP contribution in [0.2, 0.25) is 5.02 Å². The van der Waals surface area contributed by atoms with E-state index in [9.17, 15) is 18.0 Å². The first kappa shape index (κ1) is 18.0. The van der Waals surface area contributed by atoms with Gasteiger partial charge in [-0.3, -0.25) is 4.79 Å². The van der Waals surface area contributed by atoms with E-state index in [0.29, 0.717) is 10.6 Å². The molecule has 6 heteroatoms. The van der Waals surface area contributed by atoms with E-state index >= 15 is 0 Å². The van der Waals surface area contributed by atoms with E-state index in [0.717, 1.165) is 6.08 Å². The Morgan fingerprint density at radius 1 is 1.39 bits per heavy atom. The van der Waals surface area contributed by atoms with Crippen molar-refractivity contribution in [2.24, 2.45) is 5.92 Å². The van der Waals surface area contributed by atoms with Crippen molar-refractivity contribution in [3.05, 3.63) is 40.9 Å². The molecule has 0 aliphatic carbocycles. The SMILES string of the molecule is CC(C)[C@@H]1CC(=O)CC(/C=C/c2cccc(Cl)c2)(C(F)(F)F)O1. The van der Waals surface area contributed by atoms with Crippen LogP contribution in [0.3, 0.4) is 0 Å². The van der Waals surface area contributed by atoms with Crippen molar-refractivity contribution >= 4 is 23.5 Å². The van der Waals surface area contributed by atoms with Crippen LogP contribution in [-0.4, -0.2) is 23.7 Å². The Bertz CT molecular complexity index is 610. The lowest BCUT2D eigenvalue weighted by molar-refractivity contribution is -0.282. The highest BCUT2D eigenvalue weighted by Gasteiger charge is 2.58. The Morgan fingerprint density at radius 3 is 2.65 bits per heavy atom. The second kappa shape index (κ2) is 6.65. The number of halogens is 4. The highest BCUT2D eigenvalue weighted by atomic mass is 35.5. The maximum atomic E-state index is 13.6. The maximum Gasteiger partial charge on any atom is 0.421 e. The maximum absolute atomic E-state index is 13.6. The topological polar surface area (TPSA) is 26.3 Å². The van der Waals surface area contributed by atoms with Crippen molar-refractivity contribution in [2.75, 3.05) is 0 Å². The van der Waals surface area contributed by atoms with Crippen LogP contribution < -0.4 is 0 Å². The van der Waals surface area contributed by atoms with Crippen LogP contribution in [0.1, 0.15) is 32.3 Å². The molecule has 1 aromatic carbocycles. The molecule has 23 heavy (non-hydrogen) atoms. The molecule has 1 aromatic rings. The molecular formula is C17H18ClF3O2. The minimum absolute atomic E-state index is 0.0144. The summed E-state index contributed by atoms with van der Waals surface area (Å²) in [4.78, 5) is 11.9. The average Bonchev–Trinajstić information content (AvgIpc) is 2.43. The fourth-order valence-corrected chi connectivity index (χ4v) is 2.71. The number of benzene rings is 1. The standard InChI is InChI=1S/C17H18ClF3O2/c1-11(2)15-9-14(22)10-16(23-15,17(19,20)21)7-6-12-4-3-5-13(18)8-12/h3-8,11,15H,9-10H2,1-2H3/b7-6+/t15-,16?/m0/s1. The predicted octanol–water partition coefficient (Wildman–Crippen LogP) is 5.06. The zero-order valence-electron chi connectivity index (χ0n) is 12.9. The summed E-state index contributed by atoms with van der Waals surface area (Å²) in [5, 5.41) is 0.425. The molecule has 1 fully saturated rings. The van der Waals surface area contributed by atoms with Crippen molar-refractivity contribution < 1.29 is 22.7 Å². The number of hydrogen-bond acceptors (Lipinski definition) is 2. The molecule has 126 valence electrons. The number of rotatable bonds is 3. The normalized spacial score (nSPS) is 26.2. The molecular weight excluding hydrogens is 329 g/mol. The lowest BCUT2D eigenvalue weighted by Gasteiger charge is -2.41. The van der Waals surface area contributed by atoms with Crippen molar-refractivity contribution in [2.45, 2.75) is 44.6 Å². The van der Waals surface area contributed by atoms with Crippen molar-refractivity contribution in [3.63, 3.8) is 0 Å². The van der Waals surface area contributed by atoms with Gasteiger partial charge in [-0.2, -0.15) is 13.2 Å². The molecule has 0 N–H and O–H groups in total. The zero-order chi connectivity index (χ0) is 17.3. The molecule has 1 unspecified atom stereocenters. The van der Waals surface area contributed by atoms with E-state index in [1.54, 1.807) is 38.1 Å². The van der Waals surface area contributed by atoms with E-state index in [1.807, 2.05) is 0 Å². The third-order valence-corrected chi connectivity index (χ3v) is 4.10. The fourth-order valence-electron chi connectivity index (χ4n) is 2.52. The van der Waals surface area contributed by atoms with Gasteiger partial charge in [0.25, 0.3) is 0 Å². The van der Waals surface area contributed by atoms with Gasteiger partial charge in [-0.25, -0.2) is 0 Å². The van der Waals surface area contributed by atoms with Crippen LogP contribution in [0, 0.1) is 5.92 Å². The van der Waals surface area contributed by atoms with Gasteiger partial charge in [0.1, 0.15) is 5.78 Å². The van der Waals surface area contributed by atoms with Crippen molar-refractivity contribution in [1.82, 2.24) is 0 Å². The van der Waals surface area contributed by atoms with Crippen LogP contribution in [0.5, 0.6) is 0 Å². The zero-order valence-corrected chi connectivity index (χ0v) is 13.6. The largest absolute Gasteiger partial charge is 0.421 e. The number of Topliss-reactive ketones (excluding diaryl/α,β-unsaturated/α-hetero) is 1. The Kier molecular flexibility index (Phi) is 5.21. The first-order chi connectivity index (χ1) is 10.6. The average molecular weight is 347 g/mol. The fraction of sp³-hybridized carbons (Fsp3) is 0.471. The molecule has 1 saturated heterocycles. The Morgan fingerprint density at radius 2 is 2.09 bits per heavy atom. The summed E-state index contributed by atoms with van der Waals surface area (Å²) >= 11 is 5.84. The monoisotopic (exact) mass is 346 g/mol. The Labute approximate surface area is 138 Å². The summed E-state index contributed by atoms with van der Waals surface area (Å²) in [7, 11) is 0. The third kappa shape index (κ3) is 4.15. The quantitative estimate of drug-likeness (QED) is 0.764. The Hall–Kier alpha value is -1.33. The number of carbonyl (C=O) groups is 1. The van der Waals surface area contributed by atoms with Gasteiger partial charge in [-0.05, 0) is 29.7 Å². The number of ether oxygens (including phenoxy) is 1. The molecule has 1 aliphatic heterocycles. The van der Waals surface area contributed by atoms with Gasteiger partial charge in [0.2, 0.25) is 0 Å². The van der Waals surface area contributed by atoms with Gasteiger partial charge in [0, 0.05) is 17.9 Å². The Balaban J connectivity index is 2.38. The summed E-state index contributed by atoms with van der Waals surface area (Å²) in [6.07, 6.45) is -3.87. The number of carbonyl (C=O) groups excluding carboxylic acids is 1. The third-order valence-electron chi connectivity index (χ3n) is 3.87. The van der Waals surface area contributed by atoms with Gasteiger partial charge in [0.15, 0.2) is 5.60 Å². The van der Waals surface area contributed by atoms with Crippen molar-refractivity contribution in [3.8, 4) is 0 Å². The number of alkyl halides is 3. The van der Waals surface area contributed by atoms with Crippen molar-refractivity contribution in [1.29, 1.82) is 0 Å². The smallest absolute Gasteiger partial charge is 0.357 e. The van der Waals surface area contributed by atoms with Gasteiger partial charge < -0.3 is 4.74 Å². The molecule has 1 heterocycles. The molecule has 0 radical (unpaired) electrons. The summed E-state index contributed by atoms with van der Waals surface area (Å²) in [5.74, 6) is -0.622. The predicted molar refractivity (Wildman–Crippen MR) is 83.2 cm³/mol. The lowest BCUT2D eigenvalue weighted by atomic mass is 9.86. The van der Waals surface area contributed by atoms with E-state index < -0.39 is 30.1 Å². The van der Waals surface area contributed by atoms with Crippen LogP contribution in [0.25, 0.3) is 6.08 Å². The molecule has 2 nitrogen and oxygen atoms in total. The van der Waals surface area contributed by atoms with Gasteiger partial charge in [-0.15, -0.1) is 0 Å². The lowest BCUT2D eigenvalue weighted by Crippen LogP contribution is -2.54. The minimum atomic E-state index is -4.68. The summed E-state index contributed by atoms with van der Waals surface area (Å²) in [6.45, 7) is 3.48. The highest BCUT2D eigenvalue weighted by Crippen LogP contribution is 2.43. The molecule has 2 atom stereocenters. The van der Waals surface area contributed by atoms with Gasteiger partial charge in [0.05, 0.1) is 6.10 Å². The van der Waals surface area contributed by atoms with E-state index in [4.69, 9.17) is 16.3 Å². The van der Waals surface area contributed by atoms with Crippen LogP contribution >= 0.6 is 11.6 Å².